The van der Waals surface area contributed by atoms with Gasteiger partial charge in [0.2, 0.25) is 0 Å². The summed E-state index contributed by atoms with van der Waals surface area (Å²) in [5.74, 6) is 5.94. The van der Waals surface area contributed by atoms with Gasteiger partial charge in [0.05, 0.1) is 11.9 Å². The van der Waals surface area contributed by atoms with Gasteiger partial charge in [-0.25, -0.2) is 4.98 Å². The Morgan fingerprint density at radius 3 is 2.46 bits per heavy atom. The van der Waals surface area contributed by atoms with Crippen LogP contribution in [0.15, 0.2) is 29.4 Å². The minimum Gasteiger partial charge on any atom is -0.481 e. The Morgan fingerprint density at radius 1 is 1.00 bits per heavy atom. The Bertz CT molecular complexity index is 1080. The second-order valence-corrected chi connectivity index (χ2v) is 12.7. The van der Waals surface area contributed by atoms with Crippen molar-refractivity contribution in [2.75, 3.05) is 0 Å². The first kappa shape index (κ1) is 27.3. The third kappa shape index (κ3) is 8.10. The maximum Gasteiger partial charge on any atom is 0.303 e. The highest BCUT2D eigenvalue weighted by Crippen LogP contribution is 2.51. The fourth-order valence-corrected chi connectivity index (χ4v) is 6.73. The summed E-state index contributed by atoms with van der Waals surface area (Å²) in [6, 6.07) is 4.74. The van der Waals surface area contributed by atoms with Crippen molar-refractivity contribution in [1.82, 2.24) is 9.97 Å². The molecule has 0 atom stereocenters. The van der Waals surface area contributed by atoms with Gasteiger partial charge < -0.3 is 5.11 Å². The lowest BCUT2D eigenvalue weighted by Gasteiger charge is -2.42. The third-order valence-corrected chi connectivity index (χ3v) is 7.85. The second-order valence-electron chi connectivity index (χ2n) is 11.0. The van der Waals surface area contributed by atoms with E-state index in [9.17, 15) is 4.79 Å². The molecule has 0 saturated heterocycles. The lowest BCUT2D eigenvalue weighted by molar-refractivity contribution is -0.137. The van der Waals surface area contributed by atoms with Crippen LogP contribution in [0, 0.1) is 11.8 Å². The zero-order valence-electron chi connectivity index (χ0n) is 22.0. The van der Waals surface area contributed by atoms with E-state index in [1.54, 1.807) is 12.4 Å². The number of aromatic nitrogens is 2. The summed E-state index contributed by atoms with van der Waals surface area (Å²) in [6.45, 7) is 11.7. The van der Waals surface area contributed by atoms with Gasteiger partial charge in [0.1, 0.15) is 5.69 Å². The number of unbranched alkanes of at least 4 members (excludes halogenated alkanes) is 4. The van der Waals surface area contributed by atoms with E-state index in [0.717, 1.165) is 36.9 Å². The van der Waals surface area contributed by atoms with Crippen LogP contribution in [-0.4, -0.2) is 25.8 Å². The summed E-state index contributed by atoms with van der Waals surface area (Å²) >= 11 is 2.01. The number of carboxylic acids is 1. The molecule has 1 aliphatic heterocycles. The predicted octanol–water partition coefficient (Wildman–Crippen LogP) is 7.35. The Kier molecular flexibility index (Phi) is 9.41. The normalized spacial score (nSPS) is 15.7. The number of carboxylic acid groups (broad SMARTS) is 1. The molecule has 4 nitrogen and oxygen atoms in total. The van der Waals surface area contributed by atoms with E-state index in [4.69, 9.17) is 5.11 Å². The van der Waals surface area contributed by atoms with E-state index in [2.05, 4.69) is 68.6 Å². The average molecular weight is 493 g/mol. The maximum absolute atomic E-state index is 10.7. The number of aliphatic carboxylic acids is 1. The molecular formula is C30H40N2O2S. The van der Waals surface area contributed by atoms with Crippen LogP contribution >= 0.6 is 11.8 Å². The highest BCUT2D eigenvalue weighted by Gasteiger charge is 2.38. The monoisotopic (exact) mass is 492 g/mol. The lowest BCUT2D eigenvalue weighted by Crippen LogP contribution is -2.33. The van der Waals surface area contributed by atoms with Crippen molar-refractivity contribution in [3.05, 3.63) is 52.6 Å². The van der Waals surface area contributed by atoms with Crippen molar-refractivity contribution in [2.45, 2.75) is 114 Å². The van der Waals surface area contributed by atoms with Crippen molar-refractivity contribution < 1.29 is 9.90 Å². The summed E-state index contributed by atoms with van der Waals surface area (Å²) in [7, 11) is 0. The molecule has 5 heteroatoms. The van der Waals surface area contributed by atoms with Crippen molar-refractivity contribution in [1.29, 1.82) is 0 Å². The van der Waals surface area contributed by atoms with Crippen LogP contribution in [0.4, 0.5) is 0 Å². The van der Waals surface area contributed by atoms with Crippen LogP contribution < -0.4 is 0 Å². The van der Waals surface area contributed by atoms with Gasteiger partial charge >= 0.3 is 5.97 Å². The molecule has 3 rings (SSSR count). The van der Waals surface area contributed by atoms with E-state index in [-0.39, 0.29) is 16.6 Å². The summed E-state index contributed by atoms with van der Waals surface area (Å²) in [4.78, 5) is 21.1. The molecule has 0 aliphatic carbocycles. The summed E-state index contributed by atoms with van der Waals surface area (Å²) in [5.41, 5.74) is 5.54. The molecule has 1 aliphatic rings. The second kappa shape index (κ2) is 12.1. The van der Waals surface area contributed by atoms with Gasteiger partial charge in [-0.3, -0.25) is 9.78 Å². The molecule has 35 heavy (non-hydrogen) atoms. The minimum atomic E-state index is -0.751. The standard InChI is InChI=1S/C30H40N2O2S/c1-6-7-8-9-12-22-18-27-26(29(2,3)21-30(4,5)35-27)17-23(22)15-16-25-20-31-24(19-32-25)13-10-11-14-28(33)34/h17-20H,6-14,21H2,1-5H3,(H,33,34). The van der Waals surface area contributed by atoms with Crippen LogP contribution in [0.1, 0.15) is 114 Å². The van der Waals surface area contributed by atoms with Crippen molar-refractivity contribution in [3.63, 3.8) is 0 Å². The molecule has 1 aromatic carbocycles. The number of hydrogen-bond acceptors (Lipinski definition) is 4. The molecule has 1 N–H and O–H groups in total. The molecule has 2 aromatic rings. The van der Waals surface area contributed by atoms with Gasteiger partial charge in [-0.05, 0) is 73.1 Å². The van der Waals surface area contributed by atoms with Gasteiger partial charge in [-0.15, -0.1) is 11.8 Å². The van der Waals surface area contributed by atoms with Crippen LogP contribution in [0.2, 0.25) is 0 Å². The first-order chi connectivity index (χ1) is 16.6. The van der Waals surface area contributed by atoms with E-state index in [1.807, 2.05) is 11.8 Å². The Hall–Kier alpha value is -2.32. The molecular weight excluding hydrogens is 452 g/mol. The summed E-state index contributed by atoms with van der Waals surface area (Å²) in [5, 5.41) is 8.76. The molecule has 0 spiro atoms. The molecule has 188 valence electrons. The number of nitrogens with zero attached hydrogens (tertiary/aromatic N) is 2. The molecule has 1 aromatic heterocycles. The highest BCUT2D eigenvalue weighted by molar-refractivity contribution is 8.00. The van der Waals surface area contributed by atoms with Crippen LogP contribution in [0.3, 0.4) is 0 Å². The Morgan fingerprint density at radius 2 is 1.77 bits per heavy atom. The lowest BCUT2D eigenvalue weighted by atomic mass is 9.76. The van der Waals surface area contributed by atoms with Crippen molar-refractivity contribution >= 4 is 17.7 Å². The van der Waals surface area contributed by atoms with Crippen LogP contribution in [-0.2, 0) is 23.1 Å². The number of hydrogen-bond donors (Lipinski definition) is 1. The van der Waals surface area contributed by atoms with Gasteiger partial charge in [-0.1, -0.05) is 59.8 Å². The van der Waals surface area contributed by atoms with Crippen molar-refractivity contribution in [2.24, 2.45) is 0 Å². The number of thioether (sulfide) groups is 1. The third-order valence-electron chi connectivity index (χ3n) is 6.59. The first-order valence-corrected chi connectivity index (χ1v) is 13.8. The van der Waals surface area contributed by atoms with E-state index >= 15 is 0 Å². The van der Waals surface area contributed by atoms with E-state index < -0.39 is 5.97 Å². The largest absolute Gasteiger partial charge is 0.481 e. The molecule has 0 radical (unpaired) electrons. The summed E-state index contributed by atoms with van der Waals surface area (Å²) in [6.07, 6.45) is 13.1. The highest BCUT2D eigenvalue weighted by atomic mass is 32.2. The van der Waals surface area contributed by atoms with E-state index in [1.165, 1.54) is 41.7 Å². The van der Waals surface area contributed by atoms with Gasteiger partial charge in [-0.2, -0.15) is 0 Å². The van der Waals surface area contributed by atoms with Gasteiger partial charge in [0, 0.05) is 27.8 Å². The van der Waals surface area contributed by atoms with Crippen molar-refractivity contribution in [3.8, 4) is 11.8 Å². The molecule has 2 heterocycles. The molecule has 0 unspecified atom stereocenters. The van der Waals surface area contributed by atoms with Gasteiger partial charge in [0.15, 0.2) is 0 Å². The fourth-order valence-electron chi connectivity index (χ4n) is 5.06. The summed E-state index contributed by atoms with van der Waals surface area (Å²) < 4.78 is 0.230. The first-order valence-electron chi connectivity index (χ1n) is 13.0. The number of rotatable bonds is 10. The Balaban J connectivity index is 1.82. The van der Waals surface area contributed by atoms with Gasteiger partial charge in [0.25, 0.3) is 0 Å². The van der Waals surface area contributed by atoms with Crippen LogP contribution in [0.25, 0.3) is 0 Å². The van der Waals surface area contributed by atoms with Crippen LogP contribution in [0.5, 0.6) is 0 Å². The number of benzene rings is 1. The molecule has 0 amide bonds. The zero-order chi connectivity index (χ0) is 25.5. The quantitative estimate of drug-likeness (QED) is 0.277. The topological polar surface area (TPSA) is 63.1 Å². The minimum absolute atomic E-state index is 0.114. The molecule has 0 bridgehead atoms. The SMILES string of the molecule is CCCCCCc1cc2c(cc1C#Cc1cnc(CCCCC(=O)O)cn1)C(C)(C)CC(C)(C)S2. The smallest absolute Gasteiger partial charge is 0.303 e. The molecule has 0 fully saturated rings. The van der Waals surface area contributed by atoms with E-state index in [0.29, 0.717) is 12.1 Å². The zero-order valence-corrected chi connectivity index (χ0v) is 22.9. The Labute approximate surface area is 215 Å². The fraction of sp³-hybridized carbons (Fsp3) is 0.567. The number of aryl methyl sites for hydroxylation is 2. The number of carbonyl (C=O) groups is 1. The average Bonchev–Trinajstić information content (AvgIpc) is 2.77. The number of fused-ring (bicyclic) bond motifs is 1. The maximum atomic E-state index is 10.7. The molecule has 0 saturated carbocycles. The predicted molar refractivity (Wildman–Crippen MR) is 145 cm³/mol.